The fraction of sp³-hybridized carbons (Fsp3) is 0.714. The minimum Gasteiger partial charge on any atom is -0.494 e. The van der Waals surface area contributed by atoms with Crippen LogP contribution in [0.2, 0.25) is 0 Å². The van der Waals surface area contributed by atoms with Crippen molar-refractivity contribution in [1.82, 2.24) is 9.55 Å². The highest BCUT2D eigenvalue weighted by Crippen LogP contribution is 2.28. The van der Waals surface area contributed by atoms with Crippen LogP contribution < -0.4 is 11.2 Å². The van der Waals surface area contributed by atoms with E-state index >= 15 is 0 Å². The van der Waals surface area contributed by atoms with Gasteiger partial charge in [-0.3, -0.25) is 14.3 Å². The molecule has 0 atom stereocenters. The summed E-state index contributed by atoms with van der Waals surface area (Å²) in [6, 6.07) is 0. The van der Waals surface area contributed by atoms with Gasteiger partial charge in [0, 0.05) is 19.8 Å². The van der Waals surface area contributed by atoms with Gasteiger partial charge in [0.2, 0.25) is 5.88 Å². The van der Waals surface area contributed by atoms with Gasteiger partial charge in [-0.2, -0.15) is 0 Å². The molecule has 0 aromatic carbocycles. The van der Waals surface area contributed by atoms with Gasteiger partial charge < -0.3 is 9.84 Å². The van der Waals surface area contributed by atoms with Gasteiger partial charge in [-0.05, 0) is 31.6 Å². The van der Waals surface area contributed by atoms with E-state index < -0.39 is 11.2 Å². The highest BCUT2D eigenvalue weighted by atomic mass is 16.5. The Morgan fingerprint density at radius 1 is 1.40 bits per heavy atom. The van der Waals surface area contributed by atoms with Gasteiger partial charge in [-0.15, -0.1) is 0 Å². The number of hydrogen-bond acceptors (Lipinski definition) is 4. The van der Waals surface area contributed by atoms with Crippen LogP contribution in [-0.4, -0.2) is 27.9 Å². The van der Waals surface area contributed by atoms with Gasteiger partial charge in [-0.25, -0.2) is 4.79 Å². The zero-order chi connectivity index (χ0) is 14.5. The molecule has 6 nitrogen and oxygen atoms in total. The molecule has 1 aromatic rings. The molecule has 6 heteroatoms. The monoisotopic (exact) mass is 282 g/mol. The summed E-state index contributed by atoms with van der Waals surface area (Å²) in [5.74, 6) is 0.512. The predicted octanol–water partition coefficient (Wildman–Crippen LogP) is 1.01. The van der Waals surface area contributed by atoms with E-state index in [-0.39, 0.29) is 11.4 Å². The summed E-state index contributed by atoms with van der Waals surface area (Å²) in [5.41, 5.74) is -0.767. The summed E-state index contributed by atoms with van der Waals surface area (Å²) in [7, 11) is 0. The van der Waals surface area contributed by atoms with E-state index in [0.29, 0.717) is 26.0 Å². The smallest absolute Gasteiger partial charge is 0.331 e. The number of aromatic nitrogens is 2. The lowest BCUT2D eigenvalue weighted by molar-refractivity contribution is 0.118. The maximum Gasteiger partial charge on any atom is 0.331 e. The van der Waals surface area contributed by atoms with Crippen LogP contribution in [0.25, 0.3) is 0 Å². The molecule has 0 radical (unpaired) electrons. The normalized spacial score (nSPS) is 14.7. The van der Waals surface area contributed by atoms with E-state index in [9.17, 15) is 14.7 Å². The first-order valence-corrected chi connectivity index (χ1v) is 7.26. The highest BCUT2D eigenvalue weighted by molar-refractivity contribution is 5.22. The SMILES string of the molecule is CCCc1c(O)n(CCCOCC2CC2)c(=O)[nH]c1=O. The number of aromatic hydroxyl groups is 1. The molecule has 1 saturated carbocycles. The fourth-order valence-electron chi connectivity index (χ4n) is 2.14. The Morgan fingerprint density at radius 2 is 2.15 bits per heavy atom. The van der Waals surface area contributed by atoms with Crippen molar-refractivity contribution in [1.29, 1.82) is 0 Å². The molecule has 0 unspecified atom stereocenters. The van der Waals surface area contributed by atoms with Crippen molar-refractivity contribution in [3.05, 3.63) is 26.4 Å². The second-order valence-electron chi connectivity index (χ2n) is 5.33. The van der Waals surface area contributed by atoms with Crippen molar-refractivity contribution in [3.63, 3.8) is 0 Å². The van der Waals surface area contributed by atoms with Crippen LogP contribution in [0, 0.1) is 5.92 Å². The van der Waals surface area contributed by atoms with Crippen LogP contribution in [0.5, 0.6) is 5.88 Å². The summed E-state index contributed by atoms with van der Waals surface area (Å²) in [5, 5.41) is 10.0. The van der Waals surface area contributed by atoms with Crippen LogP contribution in [0.1, 0.15) is 38.2 Å². The number of nitrogens with zero attached hydrogens (tertiary/aromatic N) is 1. The molecule has 1 aliphatic rings. The molecule has 0 bridgehead atoms. The van der Waals surface area contributed by atoms with Crippen LogP contribution >= 0.6 is 0 Å². The number of rotatable bonds is 8. The summed E-state index contributed by atoms with van der Waals surface area (Å²) in [4.78, 5) is 25.6. The summed E-state index contributed by atoms with van der Waals surface area (Å²) in [6.45, 7) is 3.61. The maximum atomic E-state index is 11.7. The molecule has 1 fully saturated rings. The van der Waals surface area contributed by atoms with E-state index in [1.54, 1.807) is 0 Å². The van der Waals surface area contributed by atoms with Crippen LogP contribution in [0.4, 0.5) is 0 Å². The molecule has 0 amide bonds. The van der Waals surface area contributed by atoms with E-state index in [4.69, 9.17) is 4.74 Å². The summed E-state index contributed by atoms with van der Waals surface area (Å²) >= 11 is 0. The molecule has 0 aliphatic heterocycles. The second kappa shape index (κ2) is 6.74. The van der Waals surface area contributed by atoms with Crippen molar-refractivity contribution in [2.24, 2.45) is 5.92 Å². The standard InChI is InChI=1S/C14H22N2O4/c1-2-4-11-12(17)15-14(19)16(13(11)18)7-3-8-20-9-10-5-6-10/h10,18H,2-9H2,1H3,(H,15,17,19). The molecule has 1 aliphatic carbocycles. The third-order valence-corrected chi connectivity index (χ3v) is 3.49. The first-order chi connectivity index (χ1) is 9.63. The van der Waals surface area contributed by atoms with Crippen molar-refractivity contribution in [3.8, 4) is 5.88 Å². The van der Waals surface area contributed by atoms with Crippen LogP contribution in [-0.2, 0) is 17.7 Å². The molecule has 2 rings (SSSR count). The topological polar surface area (TPSA) is 84.3 Å². The lowest BCUT2D eigenvalue weighted by atomic mass is 10.2. The Bertz CT molecular complexity index is 557. The third kappa shape index (κ3) is 3.72. The van der Waals surface area contributed by atoms with Gasteiger partial charge in [-0.1, -0.05) is 13.3 Å². The number of aromatic amines is 1. The van der Waals surface area contributed by atoms with Crippen molar-refractivity contribution in [2.45, 2.75) is 45.6 Å². The Balaban J connectivity index is 1.96. The number of H-pyrrole nitrogens is 1. The number of hydrogen-bond donors (Lipinski definition) is 2. The summed E-state index contributed by atoms with van der Waals surface area (Å²) in [6.07, 6.45) is 4.33. The first kappa shape index (κ1) is 14.8. The predicted molar refractivity (Wildman–Crippen MR) is 75.1 cm³/mol. The van der Waals surface area contributed by atoms with Gasteiger partial charge in [0.25, 0.3) is 5.56 Å². The van der Waals surface area contributed by atoms with E-state index in [2.05, 4.69) is 4.98 Å². The van der Waals surface area contributed by atoms with E-state index in [1.807, 2.05) is 6.92 Å². The molecule has 1 aromatic heterocycles. The zero-order valence-corrected chi connectivity index (χ0v) is 11.9. The van der Waals surface area contributed by atoms with Gasteiger partial charge in [0.05, 0.1) is 5.56 Å². The minimum atomic E-state index is -0.561. The molecule has 112 valence electrons. The van der Waals surface area contributed by atoms with Gasteiger partial charge in [0.1, 0.15) is 0 Å². The fourth-order valence-corrected chi connectivity index (χ4v) is 2.14. The quantitative estimate of drug-likeness (QED) is 0.697. The molecule has 0 spiro atoms. The average Bonchev–Trinajstić information content (AvgIpc) is 3.21. The van der Waals surface area contributed by atoms with Crippen LogP contribution in [0.3, 0.4) is 0 Å². The third-order valence-electron chi connectivity index (χ3n) is 3.49. The maximum absolute atomic E-state index is 11.7. The molecule has 2 N–H and O–H groups in total. The Morgan fingerprint density at radius 3 is 2.80 bits per heavy atom. The van der Waals surface area contributed by atoms with Gasteiger partial charge >= 0.3 is 5.69 Å². The lowest BCUT2D eigenvalue weighted by Crippen LogP contribution is -2.32. The first-order valence-electron chi connectivity index (χ1n) is 7.26. The van der Waals surface area contributed by atoms with Crippen molar-refractivity contribution in [2.75, 3.05) is 13.2 Å². The van der Waals surface area contributed by atoms with Gasteiger partial charge in [0.15, 0.2) is 0 Å². The second-order valence-corrected chi connectivity index (χ2v) is 5.33. The number of nitrogens with one attached hydrogen (secondary N) is 1. The lowest BCUT2D eigenvalue weighted by Gasteiger charge is -2.11. The highest BCUT2D eigenvalue weighted by Gasteiger charge is 2.21. The Kier molecular flexibility index (Phi) is 5.00. The van der Waals surface area contributed by atoms with E-state index in [1.165, 1.54) is 17.4 Å². The molecule has 20 heavy (non-hydrogen) atoms. The van der Waals surface area contributed by atoms with Crippen molar-refractivity contribution < 1.29 is 9.84 Å². The Hall–Kier alpha value is -1.56. The number of ether oxygens (including phenoxy) is 1. The molecular weight excluding hydrogens is 260 g/mol. The largest absolute Gasteiger partial charge is 0.494 e. The minimum absolute atomic E-state index is 0.206. The van der Waals surface area contributed by atoms with E-state index in [0.717, 1.165) is 18.9 Å². The average molecular weight is 282 g/mol. The molecule has 0 saturated heterocycles. The summed E-state index contributed by atoms with van der Waals surface area (Å²) < 4.78 is 6.71. The molecular formula is C14H22N2O4. The Labute approximate surface area is 117 Å². The van der Waals surface area contributed by atoms with Crippen molar-refractivity contribution >= 4 is 0 Å². The molecule has 1 heterocycles. The zero-order valence-electron chi connectivity index (χ0n) is 11.9. The van der Waals surface area contributed by atoms with Crippen LogP contribution in [0.15, 0.2) is 9.59 Å².